The van der Waals surface area contributed by atoms with E-state index in [-0.39, 0.29) is 11.5 Å². The number of carbonyl (C=O) groups excluding carboxylic acids is 1. The standard InChI is InChI=1S/C19H21N7O2/c1-14-16(12-21-26(14)17-5-6-18(27)23-22-17)19(28)25-10-8-24(9-11-25)13-15-4-2-3-7-20-15/h2-7,12H,8-11,13H2,1H3,(H,23,27). The molecule has 4 rings (SSSR count). The summed E-state index contributed by atoms with van der Waals surface area (Å²) >= 11 is 0. The van der Waals surface area contributed by atoms with Crippen LogP contribution < -0.4 is 5.56 Å². The zero-order valence-electron chi connectivity index (χ0n) is 15.6. The van der Waals surface area contributed by atoms with Crippen LogP contribution in [0.5, 0.6) is 0 Å². The second kappa shape index (κ2) is 7.73. The van der Waals surface area contributed by atoms with Crippen LogP contribution in [-0.2, 0) is 6.54 Å². The van der Waals surface area contributed by atoms with E-state index in [0.717, 1.165) is 25.3 Å². The number of nitrogens with one attached hydrogen (secondary N) is 1. The molecule has 1 aliphatic rings. The highest BCUT2D eigenvalue weighted by molar-refractivity contribution is 5.95. The summed E-state index contributed by atoms with van der Waals surface area (Å²) in [6.45, 7) is 5.54. The Labute approximate surface area is 161 Å². The molecule has 0 bridgehead atoms. The van der Waals surface area contributed by atoms with E-state index < -0.39 is 0 Å². The molecule has 1 saturated heterocycles. The summed E-state index contributed by atoms with van der Waals surface area (Å²) in [5.74, 6) is 0.432. The molecular formula is C19H21N7O2. The van der Waals surface area contributed by atoms with E-state index in [4.69, 9.17) is 0 Å². The molecule has 1 aliphatic heterocycles. The monoisotopic (exact) mass is 379 g/mol. The van der Waals surface area contributed by atoms with Gasteiger partial charge in [0.25, 0.3) is 11.5 Å². The van der Waals surface area contributed by atoms with E-state index >= 15 is 0 Å². The first kappa shape index (κ1) is 18.1. The van der Waals surface area contributed by atoms with Gasteiger partial charge in [0.05, 0.1) is 23.1 Å². The molecule has 1 N–H and O–H groups in total. The van der Waals surface area contributed by atoms with Gasteiger partial charge in [-0.3, -0.25) is 19.5 Å². The molecule has 0 radical (unpaired) electrons. The summed E-state index contributed by atoms with van der Waals surface area (Å²) in [5.41, 5.74) is 1.99. The first-order chi connectivity index (χ1) is 13.6. The molecule has 9 heteroatoms. The van der Waals surface area contributed by atoms with Crippen LogP contribution in [0, 0.1) is 6.92 Å². The van der Waals surface area contributed by atoms with Crippen LogP contribution in [0.15, 0.2) is 47.5 Å². The predicted octanol–water partition coefficient (Wildman–Crippen LogP) is 0.617. The van der Waals surface area contributed by atoms with Gasteiger partial charge in [-0.05, 0) is 25.1 Å². The minimum atomic E-state index is -0.284. The van der Waals surface area contributed by atoms with Gasteiger partial charge in [-0.25, -0.2) is 9.78 Å². The minimum absolute atomic E-state index is 0.0364. The van der Waals surface area contributed by atoms with Crippen molar-refractivity contribution >= 4 is 5.91 Å². The van der Waals surface area contributed by atoms with Crippen molar-refractivity contribution in [2.45, 2.75) is 13.5 Å². The SMILES string of the molecule is Cc1c(C(=O)N2CCN(Cc3ccccn3)CC2)cnn1-c1ccc(=O)[nH]n1. The van der Waals surface area contributed by atoms with Crippen LogP contribution in [0.25, 0.3) is 5.82 Å². The molecule has 4 heterocycles. The van der Waals surface area contributed by atoms with Crippen molar-refractivity contribution in [3.05, 3.63) is 70.0 Å². The lowest BCUT2D eigenvalue weighted by atomic mass is 10.2. The van der Waals surface area contributed by atoms with Gasteiger partial charge in [-0.2, -0.15) is 10.2 Å². The molecule has 0 aromatic carbocycles. The van der Waals surface area contributed by atoms with E-state index in [1.54, 1.807) is 23.1 Å². The fraction of sp³-hybridized carbons (Fsp3) is 0.316. The van der Waals surface area contributed by atoms with Crippen molar-refractivity contribution in [3.8, 4) is 5.82 Å². The van der Waals surface area contributed by atoms with Crippen molar-refractivity contribution in [1.82, 2.24) is 34.8 Å². The van der Waals surface area contributed by atoms with Gasteiger partial charge in [-0.15, -0.1) is 0 Å². The maximum Gasteiger partial charge on any atom is 0.264 e. The fourth-order valence-electron chi connectivity index (χ4n) is 3.31. The van der Waals surface area contributed by atoms with Crippen LogP contribution in [-0.4, -0.2) is 66.8 Å². The topological polar surface area (TPSA) is 100 Å². The summed E-state index contributed by atoms with van der Waals surface area (Å²) in [5, 5.41) is 10.6. The lowest BCUT2D eigenvalue weighted by Gasteiger charge is -2.34. The first-order valence-corrected chi connectivity index (χ1v) is 9.14. The smallest absolute Gasteiger partial charge is 0.264 e. The first-order valence-electron chi connectivity index (χ1n) is 9.14. The molecule has 9 nitrogen and oxygen atoms in total. The third kappa shape index (κ3) is 3.70. The van der Waals surface area contributed by atoms with E-state index in [9.17, 15) is 9.59 Å². The molecule has 3 aromatic heterocycles. The Bertz CT molecular complexity index is 1000. The van der Waals surface area contributed by atoms with Gasteiger partial charge in [0, 0.05) is 45.0 Å². The number of amides is 1. The molecule has 0 saturated carbocycles. The Kier molecular flexibility index (Phi) is 4.98. The van der Waals surface area contributed by atoms with Crippen molar-refractivity contribution < 1.29 is 4.79 Å². The summed E-state index contributed by atoms with van der Waals surface area (Å²) in [6.07, 6.45) is 3.36. The number of hydrogen-bond donors (Lipinski definition) is 1. The molecule has 3 aromatic rings. The van der Waals surface area contributed by atoms with Gasteiger partial charge < -0.3 is 4.90 Å². The average molecular weight is 379 g/mol. The van der Waals surface area contributed by atoms with E-state index in [0.29, 0.717) is 30.2 Å². The third-order valence-corrected chi connectivity index (χ3v) is 4.89. The molecule has 0 aliphatic carbocycles. The summed E-state index contributed by atoms with van der Waals surface area (Å²) in [4.78, 5) is 32.6. The van der Waals surface area contributed by atoms with Crippen molar-refractivity contribution in [2.75, 3.05) is 26.2 Å². The van der Waals surface area contributed by atoms with E-state index in [2.05, 4.69) is 25.2 Å². The maximum absolute atomic E-state index is 12.9. The number of piperazine rings is 1. The number of nitrogens with zero attached hydrogens (tertiary/aromatic N) is 6. The number of aromatic amines is 1. The summed E-state index contributed by atoms with van der Waals surface area (Å²) < 4.78 is 1.56. The number of rotatable bonds is 4. The lowest BCUT2D eigenvalue weighted by molar-refractivity contribution is 0.0626. The quantitative estimate of drug-likeness (QED) is 0.713. The largest absolute Gasteiger partial charge is 0.336 e. The summed E-state index contributed by atoms with van der Waals surface area (Å²) in [6, 6.07) is 8.86. The Morgan fingerprint density at radius 2 is 1.96 bits per heavy atom. The Hall–Kier alpha value is -3.33. The highest BCUT2D eigenvalue weighted by Gasteiger charge is 2.25. The second-order valence-electron chi connectivity index (χ2n) is 6.72. The number of pyridine rings is 1. The Morgan fingerprint density at radius 3 is 2.64 bits per heavy atom. The normalized spacial score (nSPS) is 15.0. The molecule has 0 unspecified atom stereocenters. The van der Waals surface area contributed by atoms with E-state index in [1.807, 2.05) is 30.0 Å². The van der Waals surface area contributed by atoms with Gasteiger partial charge in [0.1, 0.15) is 0 Å². The molecule has 0 atom stereocenters. The van der Waals surface area contributed by atoms with Crippen LogP contribution in [0.3, 0.4) is 0 Å². The average Bonchev–Trinajstić information content (AvgIpc) is 3.11. The fourth-order valence-corrected chi connectivity index (χ4v) is 3.31. The maximum atomic E-state index is 12.9. The molecule has 1 fully saturated rings. The Balaban J connectivity index is 1.42. The molecule has 144 valence electrons. The zero-order valence-corrected chi connectivity index (χ0v) is 15.6. The van der Waals surface area contributed by atoms with Gasteiger partial charge in [-0.1, -0.05) is 6.07 Å². The van der Waals surface area contributed by atoms with Crippen LogP contribution in [0.1, 0.15) is 21.7 Å². The number of hydrogen-bond acceptors (Lipinski definition) is 6. The summed E-state index contributed by atoms with van der Waals surface area (Å²) in [7, 11) is 0. The van der Waals surface area contributed by atoms with Crippen molar-refractivity contribution in [2.24, 2.45) is 0 Å². The van der Waals surface area contributed by atoms with Crippen molar-refractivity contribution in [1.29, 1.82) is 0 Å². The molecule has 0 spiro atoms. The number of carbonyl (C=O) groups is 1. The van der Waals surface area contributed by atoms with Crippen LogP contribution in [0.2, 0.25) is 0 Å². The van der Waals surface area contributed by atoms with E-state index in [1.165, 1.54) is 6.07 Å². The zero-order chi connectivity index (χ0) is 19.5. The minimum Gasteiger partial charge on any atom is -0.336 e. The second-order valence-corrected chi connectivity index (χ2v) is 6.72. The third-order valence-electron chi connectivity index (χ3n) is 4.89. The van der Waals surface area contributed by atoms with Crippen LogP contribution in [0.4, 0.5) is 0 Å². The lowest BCUT2D eigenvalue weighted by Crippen LogP contribution is -2.48. The van der Waals surface area contributed by atoms with Gasteiger partial charge in [0.2, 0.25) is 0 Å². The van der Waals surface area contributed by atoms with Gasteiger partial charge >= 0.3 is 0 Å². The highest BCUT2D eigenvalue weighted by Crippen LogP contribution is 2.16. The molecule has 28 heavy (non-hydrogen) atoms. The predicted molar refractivity (Wildman–Crippen MR) is 102 cm³/mol. The van der Waals surface area contributed by atoms with Gasteiger partial charge in [0.15, 0.2) is 5.82 Å². The van der Waals surface area contributed by atoms with Crippen LogP contribution >= 0.6 is 0 Å². The van der Waals surface area contributed by atoms with Crippen molar-refractivity contribution in [3.63, 3.8) is 0 Å². The highest BCUT2D eigenvalue weighted by atomic mass is 16.2. The Morgan fingerprint density at radius 1 is 1.14 bits per heavy atom. The molecular weight excluding hydrogens is 358 g/mol. The number of H-pyrrole nitrogens is 1. The molecule has 1 amide bonds. The number of aromatic nitrogens is 5.